The molecule has 0 saturated carbocycles. The van der Waals surface area contributed by atoms with Crippen molar-refractivity contribution in [3.8, 4) is 16.9 Å². The maximum absolute atomic E-state index is 13.3. The van der Waals surface area contributed by atoms with Gasteiger partial charge in [0.25, 0.3) is 0 Å². The Labute approximate surface area is 212 Å². The molecule has 0 radical (unpaired) electrons. The number of likely N-dealkylation sites (tertiary alicyclic amines) is 1. The van der Waals surface area contributed by atoms with Crippen molar-refractivity contribution >= 4 is 5.78 Å². The first kappa shape index (κ1) is 24.0. The standard InChI is InChI=1S/C32H31NO3/c1-36-29-18-14-24(15-19-29)22-33-28(21-30(32(33)35)31(34)27-10-6-3-7-11-27)20-23-12-16-26(17-13-23)25-8-4-2-5-9-25/h2-19,28,30,32,35H,20-22H2,1H3/t28-,30?,32?/m1/s1. The van der Waals surface area contributed by atoms with Crippen molar-refractivity contribution < 1.29 is 14.6 Å². The second-order valence-electron chi connectivity index (χ2n) is 9.43. The van der Waals surface area contributed by atoms with Crippen molar-refractivity contribution in [3.05, 3.63) is 126 Å². The third kappa shape index (κ3) is 5.25. The van der Waals surface area contributed by atoms with Gasteiger partial charge in [-0.1, -0.05) is 97.1 Å². The number of nitrogens with zero attached hydrogens (tertiary/aromatic N) is 1. The molecule has 1 heterocycles. The predicted octanol–water partition coefficient (Wildman–Crippen LogP) is 6.00. The Morgan fingerprint density at radius 1 is 0.806 bits per heavy atom. The zero-order chi connectivity index (χ0) is 24.9. The van der Waals surface area contributed by atoms with Crippen LogP contribution in [0.1, 0.15) is 27.9 Å². The molecule has 1 saturated heterocycles. The van der Waals surface area contributed by atoms with Gasteiger partial charge in [-0.25, -0.2) is 0 Å². The summed E-state index contributed by atoms with van der Waals surface area (Å²) in [4.78, 5) is 15.4. The van der Waals surface area contributed by atoms with Crippen LogP contribution in [0.25, 0.3) is 11.1 Å². The van der Waals surface area contributed by atoms with Crippen LogP contribution in [0.3, 0.4) is 0 Å². The fourth-order valence-electron chi connectivity index (χ4n) is 5.16. The summed E-state index contributed by atoms with van der Waals surface area (Å²) in [5.74, 6) is 0.344. The van der Waals surface area contributed by atoms with Crippen LogP contribution in [0.4, 0.5) is 0 Å². The number of benzene rings is 4. The molecular formula is C32H31NO3. The second-order valence-corrected chi connectivity index (χ2v) is 9.43. The summed E-state index contributed by atoms with van der Waals surface area (Å²) in [6.45, 7) is 0.566. The van der Waals surface area contributed by atoms with Crippen molar-refractivity contribution in [2.75, 3.05) is 7.11 Å². The third-order valence-electron chi connectivity index (χ3n) is 7.15. The molecule has 5 rings (SSSR count). The molecule has 4 aromatic rings. The lowest BCUT2D eigenvalue weighted by atomic mass is 9.92. The number of ketones is 1. The van der Waals surface area contributed by atoms with E-state index < -0.39 is 12.1 Å². The summed E-state index contributed by atoms with van der Waals surface area (Å²) in [5.41, 5.74) is 5.29. The van der Waals surface area contributed by atoms with Crippen molar-refractivity contribution in [1.29, 1.82) is 0 Å². The van der Waals surface area contributed by atoms with Gasteiger partial charge in [0.05, 0.1) is 13.0 Å². The molecule has 4 heteroatoms. The Morgan fingerprint density at radius 2 is 1.39 bits per heavy atom. The molecule has 0 aromatic heterocycles. The molecule has 3 atom stereocenters. The average molecular weight is 478 g/mol. The first-order chi connectivity index (χ1) is 17.6. The molecular weight excluding hydrogens is 446 g/mol. The molecule has 4 aromatic carbocycles. The van der Waals surface area contributed by atoms with Crippen LogP contribution < -0.4 is 4.74 Å². The van der Waals surface area contributed by atoms with Crippen LogP contribution >= 0.6 is 0 Å². The Kier molecular flexibility index (Phi) is 7.26. The first-order valence-electron chi connectivity index (χ1n) is 12.4. The Morgan fingerprint density at radius 3 is 2.03 bits per heavy atom. The van der Waals surface area contributed by atoms with E-state index in [0.717, 1.165) is 17.7 Å². The van der Waals surface area contributed by atoms with Crippen LogP contribution in [0, 0.1) is 5.92 Å². The molecule has 0 bridgehead atoms. The van der Waals surface area contributed by atoms with E-state index in [4.69, 9.17) is 4.74 Å². The third-order valence-corrected chi connectivity index (χ3v) is 7.15. The first-order valence-corrected chi connectivity index (χ1v) is 12.4. The summed E-state index contributed by atoms with van der Waals surface area (Å²) in [5, 5.41) is 11.4. The highest BCUT2D eigenvalue weighted by Crippen LogP contribution is 2.35. The van der Waals surface area contributed by atoms with Crippen LogP contribution in [0.5, 0.6) is 5.75 Å². The summed E-state index contributed by atoms with van der Waals surface area (Å²) < 4.78 is 5.29. The fourth-order valence-corrected chi connectivity index (χ4v) is 5.16. The summed E-state index contributed by atoms with van der Waals surface area (Å²) in [6.07, 6.45) is 0.542. The minimum atomic E-state index is -0.839. The van der Waals surface area contributed by atoms with Crippen molar-refractivity contribution in [1.82, 2.24) is 4.90 Å². The van der Waals surface area contributed by atoms with Gasteiger partial charge in [0, 0.05) is 18.2 Å². The largest absolute Gasteiger partial charge is 0.497 e. The van der Waals surface area contributed by atoms with Crippen LogP contribution in [0.2, 0.25) is 0 Å². The van der Waals surface area contributed by atoms with Crippen LogP contribution in [-0.2, 0) is 13.0 Å². The van der Waals surface area contributed by atoms with Gasteiger partial charge in [0.15, 0.2) is 5.78 Å². The Hall–Kier alpha value is -3.73. The van der Waals surface area contributed by atoms with E-state index in [1.807, 2.05) is 72.8 Å². The number of carbonyl (C=O) groups excluding carboxylic acids is 1. The van der Waals surface area contributed by atoms with Gasteiger partial charge in [-0.2, -0.15) is 0 Å². The lowest BCUT2D eigenvalue weighted by Gasteiger charge is -2.28. The van der Waals surface area contributed by atoms with Crippen molar-refractivity contribution in [2.45, 2.75) is 31.7 Å². The summed E-state index contributed by atoms with van der Waals surface area (Å²) >= 11 is 0. The maximum Gasteiger partial charge on any atom is 0.169 e. The number of Topliss-reactive ketones (excluding diaryl/α,β-unsaturated/α-hetero) is 1. The molecule has 36 heavy (non-hydrogen) atoms. The van der Waals surface area contributed by atoms with Crippen LogP contribution in [-0.4, -0.2) is 35.2 Å². The number of methoxy groups -OCH3 is 1. The number of aliphatic hydroxyl groups is 1. The van der Waals surface area contributed by atoms with Crippen molar-refractivity contribution in [3.63, 3.8) is 0 Å². The van der Waals surface area contributed by atoms with E-state index in [9.17, 15) is 9.90 Å². The minimum Gasteiger partial charge on any atom is -0.497 e. The highest BCUT2D eigenvalue weighted by Gasteiger charge is 2.43. The van der Waals surface area contributed by atoms with E-state index in [1.54, 1.807) is 7.11 Å². The number of rotatable bonds is 8. The van der Waals surface area contributed by atoms with Gasteiger partial charge in [0.1, 0.15) is 12.0 Å². The molecule has 0 aliphatic carbocycles. The number of aliphatic hydroxyl groups excluding tert-OH is 1. The molecule has 0 amide bonds. The summed E-state index contributed by atoms with van der Waals surface area (Å²) in [7, 11) is 1.65. The molecule has 1 aliphatic rings. The molecule has 1 fully saturated rings. The van der Waals surface area contributed by atoms with Gasteiger partial charge in [-0.05, 0) is 47.2 Å². The van der Waals surface area contributed by atoms with Gasteiger partial charge in [-0.3, -0.25) is 9.69 Å². The number of hydrogen-bond donors (Lipinski definition) is 1. The number of ether oxygens (including phenoxy) is 1. The smallest absolute Gasteiger partial charge is 0.169 e. The Balaban J connectivity index is 1.38. The van der Waals surface area contributed by atoms with Crippen molar-refractivity contribution in [2.24, 2.45) is 5.92 Å². The van der Waals surface area contributed by atoms with E-state index in [-0.39, 0.29) is 11.8 Å². The van der Waals surface area contributed by atoms with E-state index in [0.29, 0.717) is 18.5 Å². The van der Waals surface area contributed by atoms with Gasteiger partial charge < -0.3 is 9.84 Å². The van der Waals surface area contributed by atoms with Crippen LogP contribution in [0.15, 0.2) is 109 Å². The van der Waals surface area contributed by atoms with E-state index in [1.165, 1.54) is 16.7 Å². The molecule has 2 unspecified atom stereocenters. The average Bonchev–Trinajstić information content (AvgIpc) is 3.24. The van der Waals surface area contributed by atoms with E-state index >= 15 is 0 Å². The highest BCUT2D eigenvalue weighted by molar-refractivity contribution is 5.98. The molecule has 182 valence electrons. The second kappa shape index (κ2) is 10.9. The predicted molar refractivity (Wildman–Crippen MR) is 143 cm³/mol. The summed E-state index contributed by atoms with van der Waals surface area (Å²) in [6, 6.07) is 36.2. The minimum absolute atomic E-state index is 0.00440. The maximum atomic E-state index is 13.3. The molecule has 1 N–H and O–H groups in total. The zero-order valence-electron chi connectivity index (χ0n) is 20.5. The SMILES string of the molecule is COc1ccc(CN2C(O)C(C(=O)c3ccccc3)C[C@H]2Cc2ccc(-c3ccccc3)cc2)cc1. The Bertz CT molecular complexity index is 1270. The fraction of sp³-hybridized carbons (Fsp3) is 0.219. The van der Waals surface area contributed by atoms with E-state index in [2.05, 4.69) is 41.3 Å². The monoisotopic (exact) mass is 477 g/mol. The highest BCUT2D eigenvalue weighted by atomic mass is 16.5. The number of carbonyl (C=O) groups is 1. The quantitative estimate of drug-likeness (QED) is 0.317. The van der Waals surface area contributed by atoms with Gasteiger partial charge in [-0.15, -0.1) is 0 Å². The lowest BCUT2D eigenvalue weighted by molar-refractivity contribution is -0.00851. The topological polar surface area (TPSA) is 49.8 Å². The molecule has 4 nitrogen and oxygen atoms in total. The van der Waals surface area contributed by atoms with Gasteiger partial charge in [0.2, 0.25) is 0 Å². The molecule has 0 spiro atoms. The molecule has 1 aliphatic heterocycles. The zero-order valence-corrected chi connectivity index (χ0v) is 20.5. The lowest BCUT2D eigenvalue weighted by Crippen LogP contribution is -2.39. The van der Waals surface area contributed by atoms with Gasteiger partial charge >= 0.3 is 0 Å². The normalized spacial score (nSPS) is 19.8. The number of hydrogen-bond acceptors (Lipinski definition) is 4.